The Hall–Kier alpha value is -2.35. The first-order valence-electron chi connectivity index (χ1n) is 5.57. The van der Waals surface area contributed by atoms with E-state index in [2.05, 4.69) is 17.1 Å². The Morgan fingerprint density at radius 3 is 2.76 bits per heavy atom. The summed E-state index contributed by atoms with van der Waals surface area (Å²) >= 11 is 0. The standard InChI is InChI=1S/C15H9NO/c1-2-4-13-11(3-1)15-12-9-16-8-7-10(12)5-6-14(15)17-13/h1-9H. The molecule has 2 aromatic heterocycles. The van der Waals surface area contributed by atoms with E-state index in [4.69, 9.17) is 4.42 Å². The Balaban J connectivity index is 2.38. The van der Waals surface area contributed by atoms with E-state index in [0.717, 1.165) is 27.3 Å². The Morgan fingerprint density at radius 1 is 0.824 bits per heavy atom. The molecule has 0 N–H and O–H groups in total. The van der Waals surface area contributed by atoms with Crippen LogP contribution in [0.2, 0.25) is 0 Å². The minimum atomic E-state index is 0.923. The van der Waals surface area contributed by atoms with Crippen LogP contribution in [0.25, 0.3) is 32.7 Å². The van der Waals surface area contributed by atoms with Gasteiger partial charge in [0.15, 0.2) is 0 Å². The SMILES string of the molecule is c1ccc2c(c1)oc1ccc3ccncc3c12. The third-order valence-electron chi connectivity index (χ3n) is 3.16. The number of pyridine rings is 1. The van der Waals surface area contributed by atoms with Gasteiger partial charge in [0.25, 0.3) is 0 Å². The summed E-state index contributed by atoms with van der Waals surface area (Å²) < 4.78 is 5.83. The van der Waals surface area contributed by atoms with E-state index in [1.54, 1.807) is 0 Å². The molecule has 0 amide bonds. The maximum Gasteiger partial charge on any atom is 0.136 e. The fourth-order valence-electron chi connectivity index (χ4n) is 2.38. The minimum absolute atomic E-state index is 0.923. The van der Waals surface area contributed by atoms with Crippen LogP contribution in [0.4, 0.5) is 0 Å². The lowest BCUT2D eigenvalue weighted by molar-refractivity contribution is 0.669. The second kappa shape index (κ2) is 3.08. The van der Waals surface area contributed by atoms with Crippen LogP contribution in [0, 0.1) is 0 Å². The monoisotopic (exact) mass is 219 g/mol. The first-order valence-corrected chi connectivity index (χ1v) is 5.57. The molecule has 0 saturated heterocycles. The van der Waals surface area contributed by atoms with Gasteiger partial charge in [-0.15, -0.1) is 0 Å². The Labute approximate surface area is 97.5 Å². The lowest BCUT2D eigenvalue weighted by Gasteiger charge is -1.97. The van der Waals surface area contributed by atoms with Gasteiger partial charge in [-0.1, -0.05) is 24.3 Å². The topological polar surface area (TPSA) is 26.0 Å². The van der Waals surface area contributed by atoms with Gasteiger partial charge in [0, 0.05) is 28.6 Å². The van der Waals surface area contributed by atoms with Crippen LogP contribution in [0.1, 0.15) is 0 Å². The second-order valence-electron chi connectivity index (χ2n) is 4.13. The molecule has 4 rings (SSSR count). The molecule has 0 aliphatic carbocycles. The summed E-state index contributed by atoms with van der Waals surface area (Å²) in [6, 6.07) is 14.2. The highest BCUT2D eigenvalue weighted by atomic mass is 16.3. The average molecular weight is 219 g/mol. The van der Waals surface area contributed by atoms with E-state index < -0.39 is 0 Å². The number of para-hydroxylation sites is 1. The summed E-state index contributed by atoms with van der Waals surface area (Å²) in [6.07, 6.45) is 3.72. The van der Waals surface area contributed by atoms with Gasteiger partial charge in [-0.25, -0.2) is 0 Å². The number of aromatic nitrogens is 1. The molecule has 2 nitrogen and oxygen atoms in total. The minimum Gasteiger partial charge on any atom is -0.456 e. The molecule has 0 aliphatic rings. The molecule has 80 valence electrons. The zero-order valence-electron chi connectivity index (χ0n) is 9.05. The van der Waals surface area contributed by atoms with Crippen LogP contribution >= 0.6 is 0 Å². The maximum atomic E-state index is 5.83. The zero-order chi connectivity index (χ0) is 11.2. The van der Waals surface area contributed by atoms with Crippen molar-refractivity contribution in [1.29, 1.82) is 0 Å². The number of benzene rings is 2. The molecule has 0 unspecified atom stereocenters. The number of furan rings is 1. The highest BCUT2D eigenvalue weighted by molar-refractivity contribution is 6.18. The van der Waals surface area contributed by atoms with E-state index in [0.29, 0.717) is 0 Å². The van der Waals surface area contributed by atoms with Crippen molar-refractivity contribution in [3.63, 3.8) is 0 Å². The molecule has 0 radical (unpaired) electrons. The van der Waals surface area contributed by atoms with Crippen LogP contribution in [0.5, 0.6) is 0 Å². The normalized spacial score (nSPS) is 11.5. The number of fused-ring (bicyclic) bond motifs is 5. The van der Waals surface area contributed by atoms with Crippen LogP contribution in [-0.4, -0.2) is 4.98 Å². The van der Waals surface area contributed by atoms with Gasteiger partial charge in [-0.3, -0.25) is 4.98 Å². The van der Waals surface area contributed by atoms with E-state index in [1.807, 2.05) is 42.7 Å². The molecule has 0 aliphatic heterocycles. The van der Waals surface area contributed by atoms with Crippen molar-refractivity contribution < 1.29 is 4.42 Å². The van der Waals surface area contributed by atoms with E-state index >= 15 is 0 Å². The summed E-state index contributed by atoms with van der Waals surface area (Å²) in [5.74, 6) is 0. The van der Waals surface area contributed by atoms with Crippen molar-refractivity contribution in [3.05, 3.63) is 54.9 Å². The van der Waals surface area contributed by atoms with E-state index in [-0.39, 0.29) is 0 Å². The zero-order valence-corrected chi connectivity index (χ0v) is 9.05. The van der Waals surface area contributed by atoms with Gasteiger partial charge >= 0.3 is 0 Å². The summed E-state index contributed by atoms with van der Waals surface area (Å²) in [7, 11) is 0. The molecule has 17 heavy (non-hydrogen) atoms. The number of rotatable bonds is 0. The highest BCUT2D eigenvalue weighted by Gasteiger charge is 2.09. The van der Waals surface area contributed by atoms with Crippen LogP contribution in [0.3, 0.4) is 0 Å². The average Bonchev–Trinajstić information content (AvgIpc) is 2.77. The molecule has 0 bridgehead atoms. The van der Waals surface area contributed by atoms with Crippen LogP contribution in [-0.2, 0) is 0 Å². The molecule has 2 heteroatoms. The van der Waals surface area contributed by atoms with Crippen molar-refractivity contribution >= 4 is 32.7 Å². The lowest BCUT2D eigenvalue weighted by atomic mass is 10.1. The summed E-state index contributed by atoms with van der Waals surface area (Å²) in [4.78, 5) is 4.21. The molecule has 4 aromatic rings. The maximum absolute atomic E-state index is 5.83. The van der Waals surface area contributed by atoms with Crippen molar-refractivity contribution in [1.82, 2.24) is 4.98 Å². The van der Waals surface area contributed by atoms with Gasteiger partial charge in [0.05, 0.1) is 0 Å². The highest BCUT2D eigenvalue weighted by Crippen LogP contribution is 2.33. The van der Waals surface area contributed by atoms with Crippen molar-refractivity contribution in [3.8, 4) is 0 Å². The molecule has 0 atom stereocenters. The quantitative estimate of drug-likeness (QED) is 0.444. The van der Waals surface area contributed by atoms with Gasteiger partial charge in [0.1, 0.15) is 11.2 Å². The molecule has 0 spiro atoms. The Kier molecular flexibility index (Phi) is 1.59. The van der Waals surface area contributed by atoms with E-state index in [9.17, 15) is 0 Å². The summed E-state index contributed by atoms with van der Waals surface area (Å²) in [5, 5.41) is 4.65. The number of hydrogen-bond donors (Lipinski definition) is 0. The van der Waals surface area contributed by atoms with Crippen molar-refractivity contribution in [2.24, 2.45) is 0 Å². The van der Waals surface area contributed by atoms with Gasteiger partial charge in [-0.05, 0) is 23.6 Å². The number of hydrogen-bond acceptors (Lipinski definition) is 2. The Bertz CT molecular complexity index is 839. The van der Waals surface area contributed by atoms with Gasteiger partial charge in [-0.2, -0.15) is 0 Å². The van der Waals surface area contributed by atoms with Crippen molar-refractivity contribution in [2.75, 3.05) is 0 Å². The van der Waals surface area contributed by atoms with Crippen molar-refractivity contribution in [2.45, 2.75) is 0 Å². The lowest BCUT2D eigenvalue weighted by Crippen LogP contribution is -1.76. The number of nitrogens with zero attached hydrogens (tertiary/aromatic N) is 1. The fourth-order valence-corrected chi connectivity index (χ4v) is 2.38. The van der Waals surface area contributed by atoms with Gasteiger partial charge < -0.3 is 4.42 Å². The van der Waals surface area contributed by atoms with E-state index in [1.165, 1.54) is 5.39 Å². The fraction of sp³-hybridized carbons (Fsp3) is 0. The third-order valence-corrected chi connectivity index (χ3v) is 3.16. The summed E-state index contributed by atoms with van der Waals surface area (Å²) in [6.45, 7) is 0. The molecule has 0 saturated carbocycles. The summed E-state index contributed by atoms with van der Waals surface area (Å²) in [5.41, 5.74) is 1.85. The molecule has 2 aromatic carbocycles. The first kappa shape index (κ1) is 8.76. The van der Waals surface area contributed by atoms with Gasteiger partial charge in [0.2, 0.25) is 0 Å². The predicted octanol–water partition coefficient (Wildman–Crippen LogP) is 4.13. The molecule has 0 fully saturated rings. The Morgan fingerprint density at radius 2 is 1.76 bits per heavy atom. The first-order chi connectivity index (χ1) is 8.43. The van der Waals surface area contributed by atoms with Crippen LogP contribution in [0.15, 0.2) is 59.3 Å². The molecular weight excluding hydrogens is 210 g/mol. The van der Waals surface area contributed by atoms with Crippen LogP contribution < -0.4 is 0 Å². The molecular formula is C15H9NO. The molecule has 2 heterocycles. The second-order valence-corrected chi connectivity index (χ2v) is 4.13. The smallest absolute Gasteiger partial charge is 0.136 e. The third kappa shape index (κ3) is 1.12. The predicted molar refractivity (Wildman–Crippen MR) is 69.0 cm³/mol. The largest absolute Gasteiger partial charge is 0.456 e.